The van der Waals surface area contributed by atoms with Crippen LogP contribution in [0.25, 0.3) is 10.9 Å². The summed E-state index contributed by atoms with van der Waals surface area (Å²) in [6.07, 6.45) is 0. The van der Waals surface area contributed by atoms with E-state index in [4.69, 9.17) is 0 Å². The standard InChI is InChI=1S/C15H17NO3/c1-8(2)10-5-6-12-11(7-10)9(3)13(15(18)19)14(17)16(12)4/h5-8H,1-4H3,(H,18,19). The van der Waals surface area contributed by atoms with Crippen LogP contribution in [0.4, 0.5) is 0 Å². The van der Waals surface area contributed by atoms with Crippen molar-refractivity contribution in [2.24, 2.45) is 7.05 Å². The number of hydrogen-bond acceptors (Lipinski definition) is 2. The number of aromatic carboxylic acids is 1. The van der Waals surface area contributed by atoms with Crippen molar-refractivity contribution in [3.63, 3.8) is 0 Å². The molecule has 1 aromatic heterocycles. The minimum absolute atomic E-state index is 0.143. The van der Waals surface area contributed by atoms with Gasteiger partial charge in [0.15, 0.2) is 0 Å². The van der Waals surface area contributed by atoms with E-state index in [1.807, 2.05) is 18.2 Å². The Labute approximate surface area is 111 Å². The molecule has 0 aliphatic heterocycles. The van der Waals surface area contributed by atoms with E-state index in [1.165, 1.54) is 4.57 Å². The highest BCUT2D eigenvalue weighted by molar-refractivity contribution is 5.96. The van der Waals surface area contributed by atoms with Crippen LogP contribution in [0.3, 0.4) is 0 Å². The maximum absolute atomic E-state index is 12.0. The molecule has 2 rings (SSSR count). The van der Waals surface area contributed by atoms with Gasteiger partial charge in [-0.3, -0.25) is 4.79 Å². The molecule has 0 fully saturated rings. The van der Waals surface area contributed by atoms with Crippen molar-refractivity contribution in [3.8, 4) is 0 Å². The molecule has 0 aliphatic carbocycles. The molecule has 4 nitrogen and oxygen atoms in total. The molecule has 0 saturated carbocycles. The molecule has 100 valence electrons. The van der Waals surface area contributed by atoms with Crippen molar-refractivity contribution in [1.82, 2.24) is 4.57 Å². The Morgan fingerprint density at radius 1 is 1.32 bits per heavy atom. The number of rotatable bonds is 2. The molecule has 0 saturated heterocycles. The largest absolute Gasteiger partial charge is 0.477 e. The van der Waals surface area contributed by atoms with E-state index in [-0.39, 0.29) is 5.56 Å². The number of fused-ring (bicyclic) bond motifs is 1. The van der Waals surface area contributed by atoms with Crippen LogP contribution in [-0.4, -0.2) is 15.6 Å². The second-order valence-corrected chi connectivity index (χ2v) is 5.10. The van der Waals surface area contributed by atoms with Crippen LogP contribution >= 0.6 is 0 Å². The van der Waals surface area contributed by atoms with Crippen molar-refractivity contribution in [2.45, 2.75) is 26.7 Å². The Bertz CT molecular complexity index is 726. The molecular formula is C15H17NO3. The van der Waals surface area contributed by atoms with E-state index in [1.54, 1.807) is 14.0 Å². The molecule has 0 aliphatic rings. The van der Waals surface area contributed by atoms with Crippen molar-refractivity contribution in [1.29, 1.82) is 0 Å². The number of aromatic nitrogens is 1. The highest BCUT2D eigenvalue weighted by Crippen LogP contribution is 2.24. The summed E-state index contributed by atoms with van der Waals surface area (Å²) in [5, 5.41) is 10.0. The van der Waals surface area contributed by atoms with Gasteiger partial charge in [0.2, 0.25) is 0 Å². The summed E-state index contributed by atoms with van der Waals surface area (Å²) in [7, 11) is 1.60. The van der Waals surface area contributed by atoms with Crippen molar-refractivity contribution >= 4 is 16.9 Å². The Kier molecular flexibility index (Phi) is 3.18. The molecular weight excluding hydrogens is 242 g/mol. The monoisotopic (exact) mass is 259 g/mol. The highest BCUT2D eigenvalue weighted by Gasteiger charge is 2.18. The zero-order valence-corrected chi connectivity index (χ0v) is 11.5. The fourth-order valence-electron chi connectivity index (χ4n) is 2.33. The molecule has 0 atom stereocenters. The molecule has 19 heavy (non-hydrogen) atoms. The van der Waals surface area contributed by atoms with E-state index in [2.05, 4.69) is 13.8 Å². The van der Waals surface area contributed by atoms with E-state index >= 15 is 0 Å². The third-order valence-electron chi connectivity index (χ3n) is 3.56. The maximum atomic E-state index is 12.0. The molecule has 0 bridgehead atoms. The number of pyridine rings is 1. The zero-order chi connectivity index (χ0) is 14.3. The Morgan fingerprint density at radius 2 is 1.95 bits per heavy atom. The second-order valence-electron chi connectivity index (χ2n) is 5.10. The number of carboxylic acids is 1. The molecule has 0 amide bonds. The summed E-state index contributed by atoms with van der Waals surface area (Å²) in [6.45, 7) is 5.85. The zero-order valence-electron chi connectivity index (χ0n) is 11.5. The highest BCUT2D eigenvalue weighted by atomic mass is 16.4. The predicted octanol–water partition coefficient (Wildman–Crippen LogP) is 2.67. The topological polar surface area (TPSA) is 59.3 Å². The third kappa shape index (κ3) is 2.03. The van der Waals surface area contributed by atoms with Gasteiger partial charge in [-0.25, -0.2) is 4.79 Å². The van der Waals surface area contributed by atoms with Crippen molar-refractivity contribution in [3.05, 3.63) is 45.2 Å². The van der Waals surface area contributed by atoms with Gasteiger partial charge in [-0.2, -0.15) is 0 Å². The van der Waals surface area contributed by atoms with Gasteiger partial charge in [0.1, 0.15) is 5.56 Å². The summed E-state index contributed by atoms with van der Waals surface area (Å²) in [5.41, 5.74) is 1.82. The quantitative estimate of drug-likeness (QED) is 0.902. The number of carbonyl (C=O) groups is 1. The van der Waals surface area contributed by atoms with Crippen molar-refractivity contribution in [2.75, 3.05) is 0 Å². The Hall–Kier alpha value is -2.10. The molecule has 1 heterocycles. The van der Waals surface area contributed by atoms with Crippen LogP contribution < -0.4 is 5.56 Å². The van der Waals surface area contributed by atoms with Crippen LogP contribution in [0.1, 0.15) is 41.3 Å². The summed E-state index contributed by atoms with van der Waals surface area (Å²) in [6, 6.07) is 5.83. The van der Waals surface area contributed by atoms with Gasteiger partial charge in [-0.05, 0) is 36.1 Å². The van der Waals surface area contributed by atoms with E-state index in [9.17, 15) is 14.7 Å². The normalized spacial score (nSPS) is 11.2. The second kappa shape index (κ2) is 4.53. The molecule has 0 unspecified atom stereocenters. The van der Waals surface area contributed by atoms with Gasteiger partial charge in [-0.15, -0.1) is 0 Å². The third-order valence-corrected chi connectivity index (χ3v) is 3.56. The molecule has 1 N–H and O–H groups in total. The summed E-state index contributed by atoms with van der Waals surface area (Å²) >= 11 is 0. The van der Waals surface area contributed by atoms with Gasteiger partial charge in [-0.1, -0.05) is 19.9 Å². The molecule has 0 spiro atoms. The van der Waals surface area contributed by atoms with Gasteiger partial charge in [0.05, 0.1) is 5.52 Å². The maximum Gasteiger partial charge on any atom is 0.341 e. The minimum Gasteiger partial charge on any atom is -0.477 e. The van der Waals surface area contributed by atoms with Crippen LogP contribution in [0.5, 0.6) is 0 Å². The van der Waals surface area contributed by atoms with Crippen molar-refractivity contribution < 1.29 is 9.90 Å². The van der Waals surface area contributed by atoms with Crippen LogP contribution in [0.2, 0.25) is 0 Å². The van der Waals surface area contributed by atoms with Crippen LogP contribution in [-0.2, 0) is 7.05 Å². The smallest absolute Gasteiger partial charge is 0.341 e. The lowest BCUT2D eigenvalue weighted by Gasteiger charge is -2.13. The minimum atomic E-state index is -1.17. The lowest BCUT2D eigenvalue weighted by Crippen LogP contribution is -2.26. The van der Waals surface area contributed by atoms with Crippen LogP contribution in [0, 0.1) is 6.92 Å². The van der Waals surface area contributed by atoms with Gasteiger partial charge < -0.3 is 9.67 Å². The van der Waals surface area contributed by atoms with E-state index < -0.39 is 11.5 Å². The first-order chi connectivity index (χ1) is 8.84. The number of hydrogen-bond donors (Lipinski definition) is 1. The fraction of sp³-hybridized carbons (Fsp3) is 0.333. The first-order valence-electron chi connectivity index (χ1n) is 6.21. The summed E-state index contributed by atoms with van der Waals surface area (Å²) in [4.78, 5) is 23.3. The fourth-order valence-corrected chi connectivity index (χ4v) is 2.33. The summed E-state index contributed by atoms with van der Waals surface area (Å²) in [5.74, 6) is -0.815. The molecule has 0 radical (unpaired) electrons. The average molecular weight is 259 g/mol. The Balaban J connectivity index is 2.96. The SMILES string of the molecule is Cc1c(C(=O)O)c(=O)n(C)c2ccc(C(C)C)cc12. The first-order valence-corrected chi connectivity index (χ1v) is 6.21. The number of benzene rings is 1. The van der Waals surface area contributed by atoms with Crippen LogP contribution in [0.15, 0.2) is 23.0 Å². The van der Waals surface area contributed by atoms with Gasteiger partial charge in [0.25, 0.3) is 5.56 Å². The predicted molar refractivity (Wildman–Crippen MR) is 75.0 cm³/mol. The Morgan fingerprint density at radius 3 is 2.47 bits per heavy atom. The van der Waals surface area contributed by atoms with E-state index in [0.717, 1.165) is 16.5 Å². The van der Waals surface area contributed by atoms with E-state index in [0.29, 0.717) is 11.5 Å². The molecule has 4 heteroatoms. The molecule has 2 aromatic rings. The molecule has 1 aromatic carbocycles. The van der Waals surface area contributed by atoms with Gasteiger partial charge in [0, 0.05) is 12.4 Å². The number of carboxylic acid groups (broad SMARTS) is 1. The average Bonchev–Trinajstić information content (AvgIpc) is 2.35. The summed E-state index contributed by atoms with van der Waals surface area (Å²) < 4.78 is 1.40. The number of nitrogens with zero attached hydrogens (tertiary/aromatic N) is 1. The lowest BCUT2D eigenvalue weighted by atomic mass is 9.97. The van der Waals surface area contributed by atoms with Gasteiger partial charge >= 0.3 is 5.97 Å². The number of aryl methyl sites for hydroxylation is 2. The lowest BCUT2D eigenvalue weighted by molar-refractivity contribution is 0.0694. The first kappa shape index (κ1) is 13.3.